The van der Waals surface area contributed by atoms with E-state index in [0.29, 0.717) is 29.1 Å². The minimum atomic E-state index is -0.636. The molecule has 112 valence electrons. The summed E-state index contributed by atoms with van der Waals surface area (Å²) in [6.45, 7) is 1.99. The van der Waals surface area contributed by atoms with Crippen LogP contribution in [0.25, 0.3) is 0 Å². The summed E-state index contributed by atoms with van der Waals surface area (Å²) in [5, 5.41) is 13.8. The molecule has 2 aromatic heterocycles. The fourth-order valence-electron chi connectivity index (χ4n) is 2.28. The molecule has 0 saturated heterocycles. The molecule has 0 aliphatic heterocycles. The number of anilines is 1. The molecule has 6 heteroatoms. The van der Waals surface area contributed by atoms with Gasteiger partial charge in [0.15, 0.2) is 0 Å². The van der Waals surface area contributed by atoms with E-state index < -0.39 is 6.10 Å². The van der Waals surface area contributed by atoms with Gasteiger partial charge in [-0.3, -0.25) is 0 Å². The van der Waals surface area contributed by atoms with E-state index in [2.05, 4.69) is 15.3 Å². The smallest absolute Gasteiger partial charge is 0.135 e. The Morgan fingerprint density at radius 1 is 1.48 bits per heavy atom. The standard InChI is InChI=1S/C15H18ClN3O2/c1-9(7-11(20)12-3-2-6-21-12)17-14-8-13(16)18-15(19-14)10-4-5-10/h2-3,6,8-11,20H,4-5,7H2,1H3,(H,17,18,19). The number of nitrogens with zero attached hydrogens (tertiary/aromatic N) is 2. The highest BCUT2D eigenvalue weighted by Crippen LogP contribution is 2.38. The van der Waals surface area contributed by atoms with Gasteiger partial charge >= 0.3 is 0 Å². The first-order chi connectivity index (χ1) is 10.1. The summed E-state index contributed by atoms with van der Waals surface area (Å²) in [4.78, 5) is 8.75. The maximum atomic E-state index is 10.1. The van der Waals surface area contributed by atoms with E-state index in [1.54, 1.807) is 24.5 Å². The Bertz CT molecular complexity index is 599. The topological polar surface area (TPSA) is 71.2 Å². The first kappa shape index (κ1) is 14.4. The lowest BCUT2D eigenvalue weighted by molar-refractivity contribution is 0.136. The van der Waals surface area contributed by atoms with Crippen LogP contribution in [0.1, 0.15) is 49.8 Å². The molecule has 1 saturated carbocycles. The second kappa shape index (κ2) is 6.03. The highest BCUT2D eigenvalue weighted by atomic mass is 35.5. The van der Waals surface area contributed by atoms with Gasteiger partial charge in [0.05, 0.1) is 6.26 Å². The van der Waals surface area contributed by atoms with Crippen molar-refractivity contribution < 1.29 is 9.52 Å². The Kier molecular flexibility index (Phi) is 4.12. The predicted octanol–water partition coefficient (Wildman–Crippen LogP) is 3.52. The van der Waals surface area contributed by atoms with E-state index in [4.69, 9.17) is 16.0 Å². The van der Waals surface area contributed by atoms with E-state index in [1.165, 1.54) is 0 Å². The van der Waals surface area contributed by atoms with Gasteiger partial charge in [-0.2, -0.15) is 0 Å². The van der Waals surface area contributed by atoms with Crippen LogP contribution in [-0.4, -0.2) is 21.1 Å². The van der Waals surface area contributed by atoms with E-state index in [0.717, 1.165) is 18.7 Å². The molecule has 0 bridgehead atoms. The average molecular weight is 308 g/mol. The summed E-state index contributed by atoms with van der Waals surface area (Å²) >= 11 is 6.04. The minimum Gasteiger partial charge on any atom is -0.467 e. The van der Waals surface area contributed by atoms with Crippen molar-refractivity contribution in [2.24, 2.45) is 0 Å². The predicted molar refractivity (Wildman–Crippen MR) is 80.4 cm³/mol. The first-order valence-corrected chi connectivity index (χ1v) is 7.52. The van der Waals surface area contributed by atoms with Crippen molar-refractivity contribution in [3.05, 3.63) is 41.2 Å². The third kappa shape index (κ3) is 3.74. The van der Waals surface area contributed by atoms with Gasteiger partial charge in [-0.1, -0.05) is 11.6 Å². The first-order valence-electron chi connectivity index (χ1n) is 7.14. The average Bonchev–Trinajstić information content (AvgIpc) is 3.12. The van der Waals surface area contributed by atoms with E-state index >= 15 is 0 Å². The molecule has 2 N–H and O–H groups in total. The van der Waals surface area contributed by atoms with Crippen molar-refractivity contribution in [2.75, 3.05) is 5.32 Å². The molecule has 0 aromatic carbocycles. The third-order valence-corrected chi connectivity index (χ3v) is 3.69. The number of aliphatic hydroxyl groups excluding tert-OH is 1. The van der Waals surface area contributed by atoms with Gasteiger partial charge in [0.1, 0.15) is 28.7 Å². The molecule has 0 spiro atoms. The highest BCUT2D eigenvalue weighted by molar-refractivity contribution is 6.29. The Balaban J connectivity index is 1.63. The highest BCUT2D eigenvalue weighted by Gasteiger charge is 2.27. The molecule has 2 aromatic rings. The number of nitrogens with one attached hydrogen (secondary N) is 1. The van der Waals surface area contributed by atoms with Crippen LogP contribution in [0.15, 0.2) is 28.9 Å². The lowest BCUT2D eigenvalue weighted by Crippen LogP contribution is -2.19. The van der Waals surface area contributed by atoms with E-state index in [1.807, 2.05) is 6.92 Å². The molecule has 2 atom stereocenters. The zero-order valence-corrected chi connectivity index (χ0v) is 12.5. The van der Waals surface area contributed by atoms with Gasteiger partial charge in [-0.15, -0.1) is 0 Å². The SMILES string of the molecule is CC(CC(O)c1ccco1)Nc1cc(Cl)nc(C2CC2)n1. The van der Waals surface area contributed by atoms with E-state index in [-0.39, 0.29) is 6.04 Å². The van der Waals surface area contributed by atoms with Crippen LogP contribution in [0.4, 0.5) is 5.82 Å². The molecule has 5 nitrogen and oxygen atoms in total. The Hall–Kier alpha value is -1.59. The lowest BCUT2D eigenvalue weighted by atomic mass is 10.1. The molecule has 2 unspecified atom stereocenters. The van der Waals surface area contributed by atoms with Crippen molar-refractivity contribution in [1.29, 1.82) is 0 Å². The van der Waals surface area contributed by atoms with Crippen molar-refractivity contribution in [2.45, 2.75) is 44.2 Å². The Morgan fingerprint density at radius 3 is 2.95 bits per heavy atom. The van der Waals surface area contributed by atoms with Gasteiger partial charge in [-0.05, 0) is 31.9 Å². The summed E-state index contributed by atoms with van der Waals surface area (Å²) < 4.78 is 5.20. The summed E-state index contributed by atoms with van der Waals surface area (Å²) in [5.41, 5.74) is 0. The molecule has 1 fully saturated rings. The number of aliphatic hydroxyl groups is 1. The van der Waals surface area contributed by atoms with Crippen LogP contribution in [0.5, 0.6) is 0 Å². The summed E-state index contributed by atoms with van der Waals surface area (Å²) in [7, 11) is 0. The maximum Gasteiger partial charge on any atom is 0.135 e. The zero-order valence-electron chi connectivity index (χ0n) is 11.8. The van der Waals surface area contributed by atoms with Crippen LogP contribution >= 0.6 is 11.6 Å². The maximum absolute atomic E-state index is 10.1. The lowest BCUT2D eigenvalue weighted by Gasteiger charge is -2.17. The number of aromatic nitrogens is 2. The number of halogens is 1. The molecule has 0 radical (unpaired) electrons. The van der Waals surface area contributed by atoms with Crippen LogP contribution < -0.4 is 5.32 Å². The van der Waals surface area contributed by atoms with Gasteiger partial charge < -0.3 is 14.8 Å². The normalized spacial score (nSPS) is 17.5. The van der Waals surface area contributed by atoms with Crippen LogP contribution in [0.2, 0.25) is 5.15 Å². The number of hydrogen-bond acceptors (Lipinski definition) is 5. The number of rotatable bonds is 6. The molecule has 21 heavy (non-hydrogen) atoms. The van der Waals surface area contributed by atoms with Gasteiger partial charge in [0, 0.05) is 24.4 Å². The van der Waals surface area contributed by atoms with Crippen LogP contribution in [0.3, 0.4) is 0 Å². The summed E-state index contributed by atoms with van der Waals surface area (Å²) in [5.74, 6) is 2.54. The molecule has 0 amide bonds. The molecule has 3 rings (SSSR count). The molecular formula is C15H18ClN3O2. The molecule has 1 aliphatic carbocycles. The number of hydrogen-bond donors (Lipinski definition) is 2. The molecule has 2 heterocycles. The second-order valence-electron chi connectivity index (χ2n) is 5.52. The zero-order chi connectivity index (χ0) is 14.8. The van der Waals surface area contributed by atoms with Crippen molar-refractivity contribution >= 4 is 17.4 Å². The molecular weight excluding hydrogens is 290 g/mol. The van der Waals surface area contributed by atoms with E-state index in [9.17, 15) is 5.11 Å². The van der Waals surface area contributed by atoms with Gasteiger partial charge in [0.25, 0.3) is 0 Å². The minimum absolute atomic E-state index is 0.0307. The Labute approximate surface area is 128 Å². The van der Waals surface area contributed by atoms with Crippen LogP contribution in [-0.2, 0) is 0 Å². The summed E-state index contributed by atoms with van der Waals surface area (Å²) in [6, 6.07) is 5.28. The molecule has 1 aliphatic rings. The van der Waals surface area contributed by atoms with Crippen LogP contribution in [0, 0.1) is 0 Å². The van der Waals surface area contributed by atoms with Gasteiger partial charge in [-0.25, -0.2) is 9.97 Å². The number of furan rings is 1. The Morgan fingerprint density at radius 2 is 2.29 bits per heavy atom. The second-order valence-corrected chi connectivity index (χ2v) is 5.91. The fourth-order valence-corrected chi connectivity index (χ4v) is 2.47. The fraction of sp³-hybridized carbons (Fsp3) is 0.467. The third-order valence-electron chi connectivity index (χ3n) is 3.50. The van der Waals surface area contributed by atoms with Gasteiger partial charge in [0.2, 0.25) is 0 Å². The van der Waals surface area contributed by atoms with Crippen molar-refractivity contribution in [1.82, 2.24) is 9.97 Å². The van der Waals surface area contributed by atoms with Crippen molar-refractivity contribution in [3.8, 4) is 0 Å². The van der Waals surface area contributed by atoms with Crippen molar-refractivity contribution in [3.63, 3.8) is 0 Å². The monoisotopic (exact) mass is 307 g/mol. The largest absolute Gasteiger partial charge is 0.467 e. The quantitative estimate of drug-likeness (QED) is 0.799. The summed E-state index contributed by atoms with van der Waals surface area (Å²) in [6.07, 6.45) is 3.71.